The number of nitro benzene ring substituents is 1. The van der Waals surface area contributed by atoms with Crippen LogP contribution in [0.25, 0.3) is 0 Å². The molecule has 0 bridgehead atoms. The topological polar surface area (TPSA) is 92.5 Å². The summed E-state index contributed by atoms with van der Waals surface area (Å²) in [7, 11) is 0. The van der Waals surface area contributed by atoms with Crippen LogP contribution in [0.4, 0.5) is 5.69 Å². The maximum absolute atomic E-state index is 10.8. The molecule has 0 radical (unpaired) electrons. The minimum absolute atomic E-state index is 0.0809. The second-order valence-corrected chi connectivity index (χ2v) is 5.09. The first-order chi connectivity index (χ1) is 9.58. The number of hydrogen-bond donors (Lipinski definition) is 2. The summed E-state index contributed by atoms with van der Waals surface area (Å²) in [6.07, 6.45) is 0. The molecule has 104 valence electrons. The number of rotatable bonds is 6. The standard InChI is InChI=1S/C13H12N2O4S/c16-13(17)10-5-11(20-8-10)7-14-6-9-3-1-2-4-12(9)15(18)19/h1-5,8,14H,6-7H2,(H,16,17). The van der Waals surface area contributed by atoms with Crippen molar-refractivity contribution in [3.8, 4) is 0 Å². The summed E-state index contributed by atoms with van der Waals surface area (Å²) in [6, 6.07) is 8.13. The van der Waals surface area contributed by atoms with Crippen LogP contribution in [-0.2, 0) is 13.1 Å². The molecule has 2 N–H and O–H groups in total. The van der Waals surface area contributed by atoms with Crippen molar-refractivity contribution >= 4 is 23.0 Å². The molecule has 0 spiro atoms. The number of nitro groups is 1. The molecule has 0 saturated carbocycles. The zero-order chi connectivity index (χ0) is 14.5. The van der Waals surface area contributed by atoms with Crippen LogP contribution >= 0.6 is 11.3 Å². The number of thiophene rings is 1. The van der Waals surface area contributed by atoms with Crippen LogP contribution in [-0.4, -0.2) is 16.0 Å². The molecule has 0 aliphatic rings. The quantitative estimate of drug-likeness (QED) is 0.630. The number of carboxylic acid groups (broad SMARTS) is 1. The summed E-state index contributed by atoms with van der Waals surface area (Å²) in [6.45, 7) is 0.835. The Kier molecular flexibility index (Phi) is 4.44. The van der Waals surface area contributed by atoms with Crippen LogP contribution in [0.2, 0.25) is 0 Å². The maximum Gasteiger partial charge on any atom is 0.336 e. The Morgan fingerprint density at radius 1 is 1.35 bits per heavy atom. The van der Waals surface area contributed by atoms with E-state index in [1.807, 2.05) is 0 Å². The van der Waals surface area contributed by atoms with E-state index in [2.05, 4.69) is 5.32 Å². The molecule has 0 saturated heterocycles. The van der Waals surface area contributed by atoms with Gasteiger partial charge in [-0.1, -0.05) is 18.2 Å². The van der Waals surface area contributed by atoms with E-state index in [9.17, 15) is 14.9 Å². The average molecular weight is 292 g/mol. The van der Waals surface area contributed by atoms with Crippen LogP contribution in [0.3, 0.4) is 0 Å². The second kappa shape index (κ2) is 6.27. The van der Waals surface area contributed by atoms with Crippen molar-refractivity contribution in [3.63, 3.8) is 0 Å². The summed E-state index contributed by atoms with van der Waals surface area (Å²) < 4.78 is 0. The van der Waals surface area contributed by atoms with Crippen LogP contribution in [0.5, 0.6) is 0 Å². The monoisotopic (exact) mass is 292 g/mol. The zero-order valence-corrected chi connectivity index (χ0v) is 11.2. The van der Waals surface area contributed by atoms with Gasteiger partial charge in [0, 0.05) is 35.0 Å². The normalized spacial score (nSPS) is 10.4. The maximum atomic E-state index is 10.8. The fourth-order valence-corrected chi connectivity index (χ4v) is 2.57. The molecular weight excluding hydrogens is 280 g/mol. The fraction of sp³-hybridized carbons (Fsp3) is 0.154. The van der Waals surface area contributed by atoms with Gasteiger partial charge in [0.05, 0.1) is 10.5 Å². The average Bonchev–Trinajstić information content (AvgIpc) is 2.88. The molecule has 1 aromatic heterocycles. The van der Waals surface area contributed by atoms with Gasteiger partial charge in [-0.2, -0.15) is 0 Å². The summed E-state index contributed by atoms with van der Waals surface area (Å²) in [5.74, 6) is -0.953. The van der Waals surface area contributed by atoms with E-state index in [0.717, 1.165) is 4.88 Å². The molecule has 0 aliphatic heterocycles. The van der Waals surface area contributed by atoms with E-state index in [0.29, 0.717) is 18.7 Å². The molecule has 7 heteroatoms. The van der Waals surface area contributed by atoms with Crippen LogP contribution in [0, 0.1) is 10.1 Å². The first-order valence-corrected chi connectivity index (χ1v) is 6.69. The first kappa shape index (κ1) is 14.2. The fourth-order valence-electron chi connectivity index (χ4n) is 1.74. The summed E-state index contributed by atoms with van der Waals surface area (Å²) in [5, 5.41) is 24.3. The minimum atomic E-state index is -0.953. The minimum Gasteiger partial charge on any atom is -0.478 e. The van der Waals surface area contributed by atoms with E-state index in [1.54, 1.807) is 29.6 Å². The molecular formula is C13H12N2O4S. The predicted molar refractivity (Wildman–Crippen MR) is 74.9 cm³/mol. The lowest BCUT2D eigenvalue weighted by molar-refractivity contribution is -0.385. The third-order valence-electron chi connectivity index (χ3n) is 2.70. The molecule has 20 heavy (non-hydrogen) atoms. The number of carbonyl (C=O) groups is 1. The third kappa shape index (κ3) is 3.40. The van der Waals surface area contributed by atoms with Gasteiger partial charge < -0.3 is 10.4 Å². The van der Waals surface area contributed by atoms with Gasteiger partial charge in [0.2, 0.25) is 0 Å². The van der Waals surface area contributed by atoms with Crippen LogP contribution in [0.1, 0.15) is 20.8 Å². The van der Waals surface area contributed by atoms with Gasteiger partial charge in [-0.05, 0) is 6.07 Å². The molecule has 2 aromatic rings. The van der Waals surface area contributed by atoms with Crippen molar-refractivity contribution in [2.24, 2.45) is 0 Å². The van der Waals surface area contributed by atoms with Crippen molar-refractivity contribution in [1.29, 1.82) is 0 Å². The third-order valence-corrected chi connectivity index (χ3v) is 3.64. The highest BCUT2D eigenvalue weighted by atomic mass is 32.1. The summed E-state index contributed by atoms with van der Waals surface area (Å²) in [5.41, 5.74) is 0.947. The van der Waals surface area contributed by atoms with Crippen molar-refractivity contribution < 1.29 is 14.8 Å². The summed E-state index contributed by atoms with van der Waals surface area (Å²) in [4.78, 5) is 22.1. The van der Waals surface area contributed by atoms with Gasteiger partial charge in [-0.15, -0.1) is 11.3 Å². The number of nitrogens with one attached hydrogen (secondary N) is 1. The van der Waals surface area contributed by atoms with Crippen molar-refractivity contribution in [2.45, 2.75) is 13.1 Å². The van der Waals surface area contributed by atoms with Crippen molar-refractivity contribution in [3.05, 3.63) is 61.8 Å². The number of carboxylic acids is 1. The lowest BCUT2D eigenvalue weighted by Crippen LogP contribution is -2.13. The Morgan fingerprint density at radius 3 is 2.75 bits per heavy atom. The molecule has 1 heterocycles. The Balaban J connectivity index is 1.96. The van der Waals surface area contributed by atoms with Gasteiger partial charge in [-0.25, -0.2) is 4.79 Å². The van der Waals surface area contributed by atoms with Gasteiger partial charge in [-0.3, -0.25) is 10.1 Å². The predicted octanol–water partition coefficient (Wildman–Crippen LogP) is 2.64. The first-order valence-electron chi connectivity index (χ1n) is 5.81. The smallest absolute Gasteiger partial charge is 0.336 e. The van der Waals surface area contributed by atoms with Gasteiger partial charge in [0.1, 0.15) is 0 Å². The molecule has 6 nitrogen and oxygen atoms in total. The molecule has 0 unspecified atom stereocenters. The molecule has 2 rings (SSSR count). The number of nitrogens with zero attached hydrogens (tertiary/aromatic N) is 1. The number of hydrogen-bond acceptors (Lipinski definition) is 5. The second-order valence-electron chi connectivity index (χ2n) is 4.10. The molecule has 0 amide bonds. The number of para-hydroxylation sites is 1. The highest BCUT2D eigenvalue weighted by Gasteiger charge is 2.12. The van der Waals surface area contributed by atoms with Crippen molar-refractivity contribution in [2.75, 3.05) is 0 Å². The van der Waals surface area contributed by atoms with E-state index in [-0.39, 0.29) is 11.3 Å². The van der Waals surface area contributed by atoms with E-state index in [1.165, 1.54) is 17.4 Å². The van der Waals surface area contributed by atoms with Gasteiger partial charge in [0.25, 0.3) is 5.69 Å². The largest absolute Gasteiger partial charge is 0.478 e. The van der Waals surface area contributed by atoms with Crippen molar-refractivity contribution in [1.82, 2.24) is 5.32 Å². The highest BCUT2D eigenvalue weighted by molar-refractivity contribution is 7.10. The molecule has 0 fully saturated rings. The SMILES string of the molecule is O=C(O)c1csc(CNCc2ccccc2[N+](=O)[O-])c1. The molecule has 0 aliphatic carbocycles. The number of benzene rings is 1. The van der Waals surface area contributed by atoms with E-state index in [4.69, 9.17) is 5.11 Å². The van der Waals surface area contributed by atoms with Gasteiger partial charge >= 0.3 is 5.97 Å². The Hall–Kier alpha value is -2.25. The zero-order valence-electron chi connectivity index (χ0n) is 10.4. The molecule has 0 atom stereocenters. The summed E-state index contributed by atoms with van der Waals surface area (Å²) >= 11 is 1.35. The Bertz CT molecular complexity index is 639. The Labute approximate surface area is 118 Å². The van der Waals surface area contributed by atoms with Crippen LogP contribution < -0.4 is 5.32 Å². The van der Waals surface area contributed by atoms with Gasteiger partial charge in [0.15, 0.2) is 0 Å². The Morgan fingerprint density at radius 2 is 2.10 bits per heavy atom. The lowest BCUT2D eigenvalue weighted by Gasteiger charge is -2.04. The van der Waals surface area contributed by atoms with Crippen LogP contribution in [0.15, 0.2) is 35.7 Å². The van der Waals surface area contributed by atoms with E-state index < -0.39 is 10.9 Å². The number of aromatic carboxylic acids is 1. The van der Waals surface area contributed by atoms with E-state index >= 15 is 0 Å². The lowest BCUT2D eigenvalue weighted by atomic mass is 10.2. The molecule has 1 aromatic carbocycles. The highest BCUT2D eigenvalue weighted by Crippen LogP contribution is 2.18.